The predicted octanol–water partition coefficient (Wildman–Crippen LogP) is 5.37. The zero-order valence-corrected chi connectivity index (χ0v) is 18.0. The van der Waals surface area contributed by atoms with Crippen molar-refractivity contribution in [1.82, 2.24) is 4.98 Å². The van der Waals surface area contributed by atoms with Crippen molar-refractivity contribution < 1.29 is 23.0 Å². The highest BCUT2D eigenvalue weighted by atomic mass is 32.2. The van der Waals surface area contributed by atoms with Gasteiger partial charge in [-0.3, -0.25) is 4.79 Å². The van der Waals surface area contributed by atoms with Crippen LogP contribution in [0.4, 0.5) is 14.5 Å². The van der Waals surface area contributed by atoms with E-state index >= 15 is 0 Å². The van der Waals surface area contributed by atoms with E-state index in [0.29, 0.717) is 23.0 Å². The maximum absolute atomic E-state index is 13.2. The average molecular weight is 451 g/mol. The van der Waals surface area contributed by atoms with E-state index in [1.54, 1.807) is 26.0 Å². The maximum Gasteiger partial charge on any atom is 0.225 e. The molecule has 0 radical (unpaired) electrons. The Bertz CT molecular complexity index is 1030. The summed E-state index contributed by atoms with van der Waals surface area (Å²) in [4.78, 5) is 16.6. The Hall–Kier alpha value is -2.65. The molecule has 1 heterocycles. The fourth-order valence-electron chi connectivity index (χ4n) is 2.61. The molecule has 3 aromatic rings. The fourth-order valence-corrected chi connectivity index (χ4v) is 4.37. The molecule has 5 nitrogen and oxygen atoms in total. The molecule has 9 heteroatoms. The van der Waals surface area contributed by atoms with Crippen molar-refractivity contribution in [2.24, 2.45) is 0 Å². The molecule has 0 bridgehead atoms. The summed E-state index contributed by atoms with van der Waals surface area (Å²) >= 11 is 3.12. The van der Waals surface area contributed by atoms with Gasteiger partial charge in [-0.2, -0.15) is 11.8 Å². The topological polar surface area (TPSA) is 60.5 Å². The van der Waals surface area contributed by atoms with Crippen molar-refractivity contribution in [3.05, 3.63) is 59.1 Å². The second kappa shape index (κ2) is 10.4. The largest absolute Gasteiger partial charge is 0.493 e. The molecule has 3 rings (SSSR count). The molecular formula is C21H20F2N2O3S2. The van der Waals surface area contributed by atoms with Gasteiger partial charge in [0.05, 0.1) is 19.9 Å². The molecule has 0 unspecified atom stereocenters. The number of rotatable bonds is 9. The zero-order chi connectivity index (χ0) is 21.5. The number of benzene rings is 2. The van der Waals surface area contributed by atoms with Crippen LogP contribution < -0.4 is 14.8 Å². The highest BCUT2D eigenvalue weighted by Gasteiger charge is 2.10. The number of aromatic nitrogens is 1. The van der Waals surface area contributed by atoms with Gasteiger partial charge in [0.2, 0.25) is 5.91 Å². The molecule has 0 saturated heterocycles. The summed E-state index contributed by atoms with van der Waals surface area (Å²) in [6.45, 7) is 0. The number of nitrogens with one attached hydrogen (secondary N) is 1. The predicted molar refractivity (Wildman–Crippen MR) is 116 cm³/mol. The number of amides is 1. The van der Waals surface area contributed by atoms with E-state index in [1.807, 2.05) is 23.6 Å². The number of halogens is 2. The number of anilines is 1. The first kappa shape index (κ1) is 22.0. The summed E-state index contributed by atoms with van der Waals surface area (Å²) in [6.07, 6.45) is 0.260. The van der Waals surface area contributed by atoms with Crippen LogP contribution in [0.5, 0.6) is 11.5 Å². The number of carbonyl (C=O) groups is 1. The summed E-state index contributed by atoms with van der Waals surface area (Å²) in [6, 6.07) is 8.93. The molecule has 2 aromatic carbocycles. The monoisotopic (exact) mass is 450 g/mol. The fraction of sp³-hybridized carbons (Fsp3) is 0.238. The Morgan fingerprint density at radius 2 is 1.90 bits per heavy atom. The van der Waals surface area contributed by atoms with E-state index in [-0.39, 0.29) is 18.0 Å². The smallest absolute Gasteiger partial charge is 0.225 e. The van der Waals surface area contributed by atoms with Crippen molar-refractivity contribution in [3.8, 4) is 22.1 Å². The molecule has 0 aliphatic rings. The molecule has 0 spiro atoms. The molecule has 0 atom stereocenters. The van der Waals surface area contributed by atoms with Gasteiger partial charge in [0.25, 0.3) is 0 Å². The average Bonchev–Trinajstić information content (AvgIpc) is 3.22. The van der Waals surface area contributed by atoms with Gasteiger partial charge >= 0.3 is 0 Å². The van der Waals surface area contributed by atoms with Crippen molar-refractivity contribution in [3.63, 3.8) is 0 Å². The van der Waals surface area contributed by atoms with Crippen LogP contribution in [0.3, 0.4) is 0 Å². The lowest BCUT2D eigenvalue weighted by molar-refractivity contribution is -0.115. The number of hydrogen-bond donors (Lipinski definition) is 1. The SMILES string of the molecule is COc1ccc(-c2nc(CSCCC(=O)Nc3ccc(F)c(F)c3)cs2)cc1OC. The minimum atomic E-state index is -0.990. The van der Waals surface area contributed by atoms with Crippen LogP contribution in [-0.4, -0.2) is 30.9 Å². The first-order chi connectivity index (χ1) is 14.5. The van der Waals surface area contributed by atoms with Crippen LogP contribution in [0.2, 0.25) is 0 Å². The Labute approximate surface area is 181 Å². The van der Waals surface area contributed by atoms with E-state index in [0.717, 1.165) is 28.4 Å². The van der Waals surface area contributed by atoms with Gasteiger partial charge in [0.1, 0.15) is 5.01 Å². The van der Waals surface area contributed by atoms with Gasteiger partial charge in [-0.05, 0) is 30.3 Å². The molecule has 0 saturated carbocycles. The van der Waals surface area contributed by atoms with Crippen LogP contribution in [0.1, 0.15) is 12.1 Å². The molecule has 0 fully saturated rings. The van der Waals surface area contributed by atoms with E-state index in [1.165, 1.54) is 17.4 Å². The summed E-state index contributed by atoms with van der Waals surface area (Å²) < 4.78 is 36.7. The second-order valence-corrected chi connectivity index (χ2v) is 8.16. The van der Waals surface area contributed by atoms with E-state index < -0.39 is 11.6 Å². The van der Waals surface area contributed by atoms with Crippen LogP contribution in [0.15, 0.2) is 41.8 Å². The third-order valence-electron chi connectivity index (χ3n) is 4.11. The van der Waals surface area contributed by atoms with Gasteiger partial charge in [-0.25, -0.2) is 13.8 Å². The highest BCUT2D eigenvalue weighted by Crippen LogP contribution is 2.34. The summed E-state index contributed by atoms with van der Waals surface area (Å²) in [5.41, 5.74) is 2.11. The van der Waals surface area contributed by atoms with Crippen LogP contribution >= 0.6 is 23.1 Å². The normalized spacial score (nSPS) is 10.7. The van der Waals surface area contributed by atoms with Gasteiger partial charge in [0, 0.05) is 40.6 Å². The van der Waals surface area contributed by atoms with Gasteiger partial charge < -0.3 is 14.8 Å². The van der Waals surface area contributed by atoms with Crippen molar-refractivity contribution in [2.75, 3.05) is 25.3 Å². The Kier molecular flexibility index (Phi) is 7.64. The Balaban J connectivity index is 1.47. The summed E-state index contributed by atoms with van der Waals surface area (Å²) in [7, 11) is 3.18. The molecule has 1 aromatic heterocycles. The van der Waals surface area contributed by atoms with Crippen molar-refractivity contribution >= 4 is 34.7 Å². The lowest BCUT2D eigenvalue weighted by Crippen LogP contribution is -2.12. The first-order valence-corrected chi connectivity index (χ1v) is 11.0. The van der Waals surface area contributed by atoms with Gasteiger partial charge in [-0.1, -0.05) is 0 Å². The third kappa shape index (κ3) is 5.70. The lowest BCUT2D eigenvalue weighted by atomic mass is 10.2. The van der Waals surface area contributed by atoms with Crippen LogP contribution in [-0.2, 0) is 10.5 Å². The molecule has 158 valence electrons. The number of hydrogen-bond acceptors (Lipinski definition) is 6. The Morgan fingerprint density at radius 3 is 2.63 bits per heavy atom. The molecule has 0 aliphatic carbocycles. The summed E-state index contributed by atoms with van der Waals surface area (Å²) in [5.74, 6) is 0.373. The maximum atomic E-state index is 13.2. The molecule has 1 N–H and O–H groups in total. The number of carbonyl (C=O) groups excluding carboxylic acids is 1. The van der Waals surface area contributed by atoms with Gasteiger partial charge in [-0.15, -0.1) is 11.3 Å². The number of ether oxygens (including phenoxy) is 2. The number of thiazole rings is 1. The van der Waals surface area contributed by atoms with E-state index in [9.17, 15) is 13.6 Å². The van der Waals surface area contributed by atoms with Crippen molar-refractivity contribution in [1.29, 1.82) is 0 Å². The minimum Gasteiger partial charge on any atom is -0.493 e. The number of thioether (sulfide) groups is 1. The molecular weight excluding hydrogens is 430 g/mol. The third-order valence-corrected chi connectivity index (χ3v) is 6.04. The zero-order valence-electron chi connectivity index (χ0n) is 16.4. The first-order valence-electron chi connectivity index (χ1n) is 8.99. The second-order valence-electron chi connectivity index (χ2n) is 6.19. The van der Waals surface area contributed by atoms with Crippen LogP contribution in [0.25, 0.3) is 10.6 Å². The number of methoxy groups -OCH3 is 2. The summed E-state index contributed by atoms with van der Waals surface area (Å²) in [5, 5.41) is 5.42. The standard InChI is InChI=1S/C21H20F2N2O3S2/c1-27-18-6-3-13(9-19(18)28-2)21-25-15(12-30-21)11-29-8-7-20(26)24-14-4-5-16(22)17(23)10-14/h3-6,9-10,12H,7-8,11H2,1-2H3,(H,24,26). The molecule has 1 amide bonds. The Morgan fingerprint density at radius 1 is 1.10 bits per heavy atom. The minimum absolute atomic E-state index is 0.239. The van der Waals surface area contributed by atoms with E-state index in [2.05, 4.69) is 10.3 Å². The lowest BCUT2D eigenvalue weighted by Gasteiger charge is -2.08. The quantitative estimate of drug-likeness (QED) is 0.444. The highest BCUT2D eigenvalue weighted by molar-refractivity contribution is 7.98. The molecule has 30 heavy (non-hydrogen) atoms. The number of nitrogens with zero attached hydrogens (tertiary/aromatic N) is 1. The van der Waals surface area contributed by atoms with Crippen LogP contribution in [0, 0.1) is 11.6 Å². The van der Waals surface area contributed by atoms with E-state index in [4.69, 9.17) is 9.47 Å². The van der Waals surface area contributed by atoms with Gasteiger partial charge in [0.15, 0.2) is 23.1 Å². The molecule has 0 aliphatic heterocycles. The van der Waals surface area contributed by atoms with Crippen molar-refractivity contribution in [2.45, 2.75) is 12.2 Å².